The van der Waals surface area contributed by atoms with Gasteiger partial charge in [0.05, 0.1) is 18.7 Å². The summed E-state index contributed by atoms with van der Waals surface area (Å²) in [6, 6.07) is 3.79. The minimum Gasteiger partial charge on any atom is -0.378 e. The molecule has 2 rings (SSSR count). The average molecular weight is 291 g/mol. The van der Waals surface area contributed by atoms with E-state index in [4.69, 9.17) is 4.74 Å². The summed E-state index contributed by atoms with van der Waals surface area (Å²) in [5.74, 6) is -0.00966. The lowest BCUT2D eigenvalue weighted by Crippen LogP contribution is -2.24. The highest BCUT2D eigenvalue weighted by molar-refractivity contribution is 7.11. The van der Waals surface area contributed by atoms with Crippen LogP contribution < -0.4 is 5.32 Å². The molecule has 1 N–H and O–H groups in total. The van der Waals surface area contributed by atoms with Crippen molar-refractivity contribution < 1.29 is 9.53 Å². The van der Waals surface area contributed by atoms with E-state index in [0.29, 0.717) is 19.6 Å². The maximum atomic E-state index is 11.9. The number of thiazole rings is 1. The zero-order valence-electron chi connectivity index (χ0n) is 11.5. The molecule has 0 aliphatic heterocycles. The van der Waals surface area contributed by atoms with E-state index in [9.17, 15) is 4.79 Å². The van der Waals surface area contributed by atoms with Crippen molar-refractivity contribution in [3.63, 3.8) is 0 Å². The monoisotopic (exact) mass is 291 g/mol. The zero-order valence-corrected chi connectivity index (χ0v) is 12.4. The summed E-state index contributed by atoms with van der Waals surface area (Å²) < 4.78 is 5.05. The van der Waals surface area contributed by atoms with Crippen LogP contribution in [0.3, 0.4) is 0 Å². The van der Waals surface area contributed by atoms with Crippen LogP contribution in [0.2, 0.25) is 0 Å². The van der Waals surface area contributed by atoms with E-state index in [1.807, 2.05) is 19.1 Å². The molecule has 2 heterocycles. The Kier molecular flexibility index (Phi) is 5.20. The van der Waals surface area contributed by atoms with E-state index in [1.165, 1.54) is 11.3 Å². The summed E-state index contributed by atoms with van der Waals surface area (Å²) in [6.07, 6.45) is 3.81. The average Bonchev–Trinajstić information content (AvgIpc) is 2.78. The molecule has 0 atom stereocenters. The van der Waals surface area contributed by atoms with Crippen molar-refractivity contribution >= 4 is 17.2 Å². The Labute approximate surface area is 122 Å². The molecular formula is C14H17N3O2S. The first-order valence-electron chi connectivity index (χ1n) is 6.28. The van der Waals surface area contributed by atoms with Crippen molar-refractivity contribution in [2.24, 2.45) is 0 Å². The maximum Gasteiger partial charge on any atom is 0.225 e. The van der Waals surface area contributed by atoms with Crippen LogP contribution in [0.5, 0.6) is 0 Å². The number of aromatic nitrogens is 2. The first kappa shape index (κ1) is 14.6. The predicted molar refractivity (Wildman–Crippen MR) is 77.4 cm³/mol. The largest absolute Gasteiger partial charge is 0.378 e. The molecule has 0 saturated heterocycles. The van der Waals surface area contributed by atoms with E-state index >= 15 is 0 Å². The number of rotatable bonds is 6. The minimum atomic E-state index is -0.00966. The number of hydrogen-bond donors (Lipinski definition) is 1. The number of nitrogens with one attached hydrogen (secondary N) is 1. The van der Waals surface area contributed by atoms with Crippen LogP contribution >= 0.6 is 11.3 Å². The molecule has 6 heteroatoms. The molecule has 5 nitrogen and oxygen atoms in total. The lowest BCUT2D eigenvalue weighted by atomic mass is 10.2. The van der Waals surface area contributed by atoms with Crippen LogP contribution in [0.15, 0.2) is 24.5 Å². The smallest absolute Gasteiger partial charge is 0.225 e. The van der Waals surface area contributed by atoms with Crippen molar-refractivity contribution in [1.29, 1.82) is 0 Å². The number of pyridine rings is 1. The Hall–Kier alpha value is -1.79. The van der Waals surface area contributed by atoms with Crippen LogP contribution in [0.4, 0.5) is 0 Å². The molecule has 2 aromatic rings. The highest BCUT2D eigenvalue weighted by Crippen LogP contribution is 2.19. The van der Waals surface area contributed by atoms with E-state index in [2.05, 4.69) is 15.3 Å². The van der Waals surface area contributed by atoms with Crippen molar-refractivity contribution in [1.82, 2.24) is 15.3 Å². The second-order valence-electron chi connectivity index (χ2n) is 4.36. The van der Waals surface area contributed by atoms with Crippen molar-refractivity contribution in [2.75, 3.05) is 7.11 Å². The second-order valence-corrected chi connectivity index (χ2v) is 5.53. The van der Waals surface area contributed by atoms with Gasteiger partial charge in [-0.1, -0.05) is 6.07 Å². The number of methoxy groups -OCH3 is 1. The third kappa shape index (κ3) is 4.11. The fourth-order valence-corrected chi connectivity index (χ4v) is 2.79. The van der Waals surface area contributed by atoms with Crippen molar-refractivity contribution in [3.05, 3.63) is 45.7 Å². The van der Waals surface area contributed by atoms with Gasteiger partial charge >= 0.3 is 0 Å². The van der Waals surface area contributed by atoms with Gasteiger partial charge in [-0.15, -0.1) is 11.3 Å². The zero-order chi connectivity index (χ0) is 14.4. The minimum absolute atomic E-state index is 0.00966. The number of hydrogen-bond acceptors (Lipinski definition) is 5. The number of aryl methyl sites for hydroxylation is 1. The van der Waals surface area contributed by atoms with E-state index in [0.717, 1.165) is 21.1 Å². The van der Waals surface area contributed by atoms with Gasteiger partial charge in [-0.05, 0) is 18.6 Å². The van der Waals surface area contributed by atoms with Gasteiger partial charge in [0.15, 0.2) is 0 Å². The maximum absolute atomic E-state index is 11.9. The summed E-state index contributed by atoms with van der Waals surface area (Å²) in [7, 11) is 1.64. The summed E-state index contributed by atoms with van der Waals surface area (Å²) >= 11 is 1.52. The molecule has 0 saturated carbocycles. The number of carbonyl (C=O) groups excluding carboxylic acids is 1. The van der Waals surface area contributed by atoms with Crippen LogP contribution in [0.25, 0.3) is 0 Å². The van der Waals surface area contributed by atoms with Crippen molar-refractivity contribution in [2.45, 2.75) is 26.5 Å². The molecule has 2 aromatic heterocycles. The standard InChI is InChI=1S/C14H17N3O2S/c1-10-12(20-14(17-10)9-19-2)6-13(18)16-8-11-4-3-5-15-7-11/h3-5,7H,6,8-9H2,1-2H3,(H,16,18). The van der Waals surface area contributed by atoms with Gasteiger partial charge < -0.3 is 10.1 Å². The quantitative estimate of drug-likeness (QED) is 0.882. The molecular weight excluding hydrogens is 274 g/mol. The molecule has 1 amide bonds. The Morgan fingerprint density at radius 2 is 2.35 bits per heavy atom. The SMILES string of the molecule is COCc1nc(C)c(CC(=O)NCc2cccnc2)s1. The third-order valence-corrected chi connectivity index (χ3v) is 3.87. The molecule has 0 spiro atoms. The normalized spacial score (nSPS) is 10.5. The Bertz CT molecular complexity index is 569. The fourth-order valence-electron chi connectivity index (χ4n) is 1.75. The lowest BCUT2D eigenvalue weighted by molar-refractivity contribution is -0.120. The number of nitrogens with zero attached hydrogens (tertiary/aromatic N) is 2. The van der Waals surface area contributed by atoms with Gasteiger partial charge in [0, 0.05) is 30.9 Å². The summed E-state index contributed by atoms with van der Waals surface area (Å²) in [6.45, 7) is 2.90. The second kappa shape index (κ2) is 7.12. The third-order valence-electron chi connectivity index (χ3n) is 2.74. The van der Waals surface area contributed by atoms with Gasteiger partial charge in [-0.3, -0.25) is 9.78 Å². The van der Waals surface area contributed by atoms with E-state index < -0.39 is 0 Å². The Morgan fingerprint density at radius 1 is 1.50 bits per heavy atom. The van der Waals surface area contributed by atoms with Crippen LogP contribution in [0.1, 0.15) is 21.1 Å². The van der Waals surface area contributed by atoms with E-state index in [1.54, 1.807) is 19.5 Å². The molecule has 0 unspecified atom stereocenters. The van der Waals surface area contributed by atoms with E-state index in [-0.39, 0.29) is 5.91 Å². The van der Waals surface area contributed by atoms with Crippen molar-refractivity contribution in [3.8, 4) is 0 Å². The molecule has 0 aromatic carbocycles. The molecule has 0 aliphatic rings. The van der Waals surface area contributed by atoms with Gasteiger partial charge in [-0.2, -0.15) is 0 Å². The molecule has 0 aliphatic carbocycles. The summed E-state index contributed by atoms with van der Waals surface area (Å²) in [4.78, 5) is 21.3. The fraction of sp³-hybridized carbons (Fsp3) is 0.357. The molecule has 20 heavy (non-hydrogen) atoms. The number of amides is 1. The highest BCUT2D eigenvalue weighted by atomic mass is 32.1. The van der Waals surface area contributed by atoms with Gasteiger partial charge in [0.2, 0.25) is 5.91 Å². The van der Waals surface area contributed by atoms with Gasteiger partial charge in [-0.25, -0.2) is 4.98 Å². The molecule has 106 valence electrons. The summed E-state index contributed by atoms with van der Waals surface area (Å²) in [5, 5.41) is 3.79. The molecule has 0 bridgehead atoms. The topological polar surface area (TPSA) is 64.1 Å². The molecule has 0 fully saturated rings. The van der Waals surface area contributed by atoms with Crippen LogP contribution in [-0.2, 0) is 29.1 Å². The molecule has 0 radical (unpaired) electrons. The van der Waals surface area contributed by atoms with Gasteiger partial charge in [0.1, 0.15) is 5.01 Å². The Balaban J connectivity index is 1.88. The van der Waals surface area contributed by atoms with Crippen LogP contribution in [-0.4, -0.2) is 23.0 Å². The first-order valence-corrected chi connectivity index (χ1v) is 7.10. The first-order chi connectivity index (χ1) is 9.69. The number of ether oxygens (including phenoxy) is 1. The highest BCUT2D eigenvalue weighted by Gasteiger charge is 2.11. The number of carbonyl (C=O) groups is 1. The van der Waals surface area contributed by atoms with Crippen LogP contribution in [0, 0.1) is 6.92 Å². The predicted octanol–water partition coefficient (Wildman–Crippen LogP) is 1.85. The Morgan fingerprint density at radius 3 is 3.05 bits per heavy atom. The lowest BCUT2D eigenvalue weighted by Gasteiger charge is -2.04. The summed E-state index contributed by atoms with van der Waals surface area (Å²) in [5.41, 5.74) is 1.89. The van der Waals surface area contributed by atoms with Gasteiger partial charge in [0.25, 0.3) is 0 Å².